The van der Waals surface area contributed by atoms with Crippen LogP contribution in [0.25, 0.3) is 0 Å². The molecule has 1 unspecified atom stereocenters. The van der Waals surface area contributed by atoms with Crippen molar-refractivity contribution >= 4 is 0 Å². The van der Waals surface area contributed by atoms with Gasteiger partial charge in [0, 0.05) is 32.8 Å². The van der Waals surface area contributed by atoms with Crippen LogP contribution in [0.2, 0.25) is 0 Å². The van der Waals surface area contributed by atoms with E-state index in [1.54, 1.807) is 0 Å². The first-order chi connectivity index (χ1) is 6.73. The van der Waals surface area contributed by atoms with E-state index in [1.165, 1.54) is 0 Å². The Labute approximate surface area is 86.2 Å². The molecule has 1 rings (SSSR count). The zero-order chi connectivity index (χ0) is 10.4. The SMILES string of the molecule is CCOCC(C)(CO)N1CCNCC1. The van der Waals surface area contributed by atoms with Gasteiger partial charge in [0.2, 0.25) is 0 Å². The monoisotopic (exact) mass is 202 g/mol. The Morgan fingerprint density at radius 2 is 2.07 bits per heavy atom. The summed E-state index contributed by atoms with van der Waals surface area (Å²) in [5, 5.41) is 12.7. The van der Waals surface area contributed by atoms with Crippen molar-refractivity contribution in [1.29, 1.82) is 0 Å². The highest BCUT2D eigenvalue weighted by Crippen LogP contribution is 2.15. The number of aliphatic hydroxyl groups excluding tert-OH is 1. The fraction of sp³-hybridized carbons (Fsp3) is 1.00. The molecule has 84 valence electrons. The van der Waals surface area contributed by atoms with Gasteiger partial charge in [-0.05, 0) is 13.8 Å². The molecule has 0 spiro atoms. The number of hydrogen-bond donors (Lipinski definition) is 2. The Morgan fingerprint density at radius 1 is 1.43 bits per heavy atom. The second-order valence-corrected chi connectivity index (χ2v) is 4.03. The molecule has 0 radical (unpaired) electrons. The second-order valence-electron chi connectivity index (χ2n) is 4.03. The van der Waals surface area contributed by atoms with Gasteiger partial charge in [-0.15, -0.1) is 0 Å². The molecule has 1 aliphatic rings. The first-order valence-corrected chi connectivity index (χ1v) is 5.37. The molecule has 1 heterocycles. The summed E-state index contributed by atoms with van der Waals surface area (Å²) in [4.78, 5) is 2.30. The Hall–Kier alpha value is -0.160. The van der Waals surface area contributed by atoms with Crippen molar-refractivity contribution in [1.82, 2.24) is 10.2 Å². The zero-order valence-electron chi connectivity index (χ0n) is 9.25. The standard InChI is InChI=1S/C10H22N2O2/c1-3-14-9-10(2,8-13)12-6-4-11-5-7-12/h11,13H,3-9H2,1-2H3. The maximum atomic E-state index is 9.42. The van der Waals surface area contributed by atoms with Gasteiger partial charge in [0.05, 0.1) is 18.8 Å². The van der Waals surface area contributed by atoms with E-state index in [-0.39, 0.29) is 12.1 Å². The second kappa shape index (κ2) is 5.66. The molecular weight excluding hydrogens is 180 g/mol. The Morgan fingerprint density at radius 3 is 2.57 bits per heavy atom. The number of rotatable bonds is 5. The summed E-state index contributed by atoms with van der Waals surface area (Å²) in [7, 11) is 0. The first kappa shape index (κ1) is 11.9. The number of piperazine rings is 1. The summed E-state index contributed by atoms with van der Waals surface area (Å²) < 4.78 is 5.42. The highest BCUT2D eigenvalue weighted by molar-refractivity contribution is 4.88. The average Bonchev–Trinajstić information content (AvgIpc) is 2.27. The smallest absolute Gasteiger partial charge is 0.0670 e. The number of aliphatic hydroxyl groups is 1. The van der Waals surface area contributed by atoms with Gasteiger partial charge in [-0.2, -0.15) is 0 Å². The van der Waals surface area contributed by atoms with Gasteiger partial charge in [0.1, 0.15) is 0 Å². The number of nitrogens with one attached hydrogen (secondary N) is 1. The fourth-order valence-corrected chi connectivity index (χ4v) is 1.76. The van der Waals surface area contributed by atoms with Gasteiger partial charge >= 0.3 is 0 Å². The van der Waals surface area contributed by atoms with Crippen molar-refractivity contribution in [3.8, 4) is 0 Å². The van der Waals surface area contributed by atoms with Gasteiger partial charge in [0.25, 0.3) is 0 Å². The molecule has 0 aromatic carbocycles. The normalized spacial score (nSPS) is 23.4. The number of nitrogens with zero attached hydrogens (tertiary/aromatic N) is 1. The van der Waals surface area contributed by atoms with Crippen molar-refractivity contribution < 1.29 is 9.84 Å². The predicted octanol–water partition coefficient (Wildman–Crippen LogP) is -0.321. The van der Waals surface area contributed by atoms with Crippen LogP contribution < -0.4 is 5.32 Å². The van der Waals surface area contributed by atoms with E-state index < -0.39 is 0 Å². The molecular formula is C10H22N2O2. The van der Waals surface area contributed by atoms with Gasteiger partial charge in [0.15, 0.2) is 0 Å². The molecule has 4 nitrogen and oxygen atoms in total. The van der Waals surface area contributed by atoms with Crippen LogP contribution in [0.3, 0.4) is 0 Å². The van der Waals surface area contributed by atoms with Gasteiger partial charge in [-0.3, -0.25) is 4.90 Å². The number of ether oxygens (including phenoxy) is 1. The van der Waals surface area contributed by atoms with Crippen molar-refractivity contribution in [3.63, 3.8) is 0 Å². The van der Waals surface area contributed by atoms with Gasteiger partial charge in [-0.25, -0.2) is 0 Å². The molecule has 0 aromatic rings. The maximum absolute atomic E-state index is 9.42. The summed E-state index contributed by atoms with van der Waals surface area (Å²) in [6.07, 6.45) is 0. The third-order valence-electron chi connectivity index (χ3n) is 2.84. The fourth-order valence-electron chi connectivity index (χ4n) is 1.76. The molecule has 0 bridgehead atoms. The van der Waals surface area contributed by atoms with Crippen molar-refractivity contribution in [3.05, 3.63) is 0 Å². The van der Waals surface area contributed by atoms with E-state index in [1.807, 2.05) is 6.92 Å². The van der Waals surface area contributed by atoms with E-state index >= 15 is 0 Å². The lowest BCUT2D eigenvalue weighted by Gasteiger charge is -2.42. The topological polar surface area (TPSA) is 44.7 Å². The highest BCUT2D eigenvalue weighted by atomic mass is 16.5. The van der Waals surface area contributed by atoms with E-state index in [0.29, 0.717) is 13.2 Å². The van der Waals surface area contributed by atoms with Crippen LogP contribution >= 0.6 is 0 Å². The molecule has 1 fully saturated rings. The number of hydrogen-bond acceptors (Lipinski definition) is 4. The molecule has 2 N–H and O–H groups in total. The minimum atomic E-state index is -0.210. The lowest BCUT2D eigenvalue weighted by molar-refractivity contribution is -0.0320. The van der Waals surface area contributed by atoms with Gasteiger partial charge in [-0.1, -0.05) is 0 Å². The lowest BCUT2D eigenvalue weighted by Crippen LogP contribution is -2.58. The Kier molecular flexibility index (Phi) is 4.81. The van der Waals surface area contributed by atoms with Crippen molar-refractivity contribution in [2.24, 2.45) is 0 Å². The molecule has 1 aliphatic heterocycles. The maximum Gasteiger partial charge on any atom is 0.0670 e. The van der Waals surface area contributed by atoms with Crippen molar-refractivity contribution in [2.45, 2.75) is 19.4 Å². The molecule has 0 saturated carbocycles. The van der Waals surface area contributed by atoms with E-state index in [4.69, 9.17) is 4.74 Å². The molecule has 1 atom stereocenters. The van der Waals surface area contributed by atoms with Crippen LogP contribution in [0, 0.1) is 0 Å². The Balaban J connectivity index is 2.47. The van der Waals surface area contributed by atoms with Crippen LogP contribution in [0.4, 0.5) is 0 Å². The largest absolute Gasteiger partial charge is 0.394 e. The van der Waals surface area contributed by atoms with Crippen LogP contribution in [-0.2, 0) is 4.74 Å². The van der Waals surface area contributed by atoms with Crippen LogP contribution in [0.5, 0.6) is 0 Å². The summed E-state index contributed by atoms with van der Waals surface area (Å²) in [5.41, 5.74) is -0.210. The molecule has 1 saturated heterocycles. The molecule has 0 aromatic heterocycles. The van der Waals surface area contributed by atoms with Gasteiger partial charge < -0.3 is 15.2 Å². The molecule has 0 amide bonds. The van der Waals surface area contributed by atoms with Crippen LogP contribution in [-0.4, -0.2) is 61.5 Å². The zero-order valence-corrected chi connectivity index (χ0v) is 9.25. The predicted molar refractivity (Wildman–Crippen MR) is 56.4 cm³/mol. The lowest BCUT2D eigenvalue weighted by atomic mass is 10.0. The molecule has 4 heteroatoms. The van der Waals surface area contributed by atoms with E-state index in [9.17, 15) is 5.11 Å². The summed E-state index contributed by atoms with van der Waals surface area (Å²) in [6, 6.07) is 0. The quantitative estimate of drug-likeness (QED) is 0.641. The van der Waals surface area contributed by atoms with Crippen LogP contribution in [0.1, 0.15) is 13.8 Å². The first-order valence-electron chi connectivity index (χ1n) is 5.37. The minimum absolute atomic E-state index is 0.160. The highest BCUT2D eigenvalue weighted by Gasteiger charge is 2.32. The Bertz CT molecular complexity index is 160. The summed E-state index contributed by atoms with van der Waals surface area (Å²) >= 11 is 0. The molecule has 0 aliphatic carbocycles. The van der Waals surface area contributed by atoms with E-state index in [0.717, 1.165) is 26.2 Å². The molecule has 14 heavy (non-hydrogen) atoms. The summed E-state index contributed by atoms with van der Waals surface area (Å²) in [5.74, 6) is 0. The average molecular weight is 202 g/mol. The van der Waals surface area contributed by atoms with E-state index in [2.05, 4.69) is 17.1 Å². The minimum Gasteiger partial charge on any atom is -0.394 e. The van der Waals surface area contributed by atoms with Crippen LogP contribution in [0.15, 0.2) is 0 Å². The third kappa shape index (κ3) is 2.92. The van der Waals surface area contributed by atoms with Crippen molar-refractivity contribution in [2.75, 3.05) is 46.0 Å². The summed E-state index contributed by atoms with van der Waals surface area (Å²) in [6.45, 7) is 9.51. The third-order valence-corrected chi connectivity index (χ3v) is 2.84.